The highest BCUT2D eigenvalue weighted by molar-refractivity contribution is 7.93. The van der Waals surface area contributed by atoms with Crippen LogP contribution < -0.4 is 0 Å². The van der Waals surface area contributed by atoms with Crippen molar-refractivity contribution in [2.24, 2.45) is 5.92 Å². The van der Waals surface area contributed by atoms with Crippen molar-refractivity contribution in [3.63, 3.8) is 0 Å². The quantitative estimate of drug-likeness (QED) is 0.491. The zero-order chi connectivity index (χ0) is 8.81. The average molecular weight is 189 g/mol. The lowest BCUT2D eigenvalue weighted by Gasteiger charge is -2.28. The van der Waals surface area contributed by atoms with Gasteiger partial charge in [0.2, 0.25) is 6.41 Å². The van der Waals surface area contributed by atoms with Crippen molar-refractivity contribution < 1.29 is 8.98 Å². The molecule has 0 aromatic heterocycles. The lowest BCUT2D eigenvalue weighted by Crippen LogP contribution is -2.33. The summed E-state index contributed by atoms with van der Waals surface area (Å²) in [5, 5.41) is 0. The van der Waals surface area contributed by atoms with Crippen LogP contribution in [0.1, 0.15) is 12.8 Å². The van der Waals surface area contributed by atoms with Gasteiger partial charge in [0.25, 0.3) is 0 Å². The molecule has 1 rings (SSSR count). The Labute approximate surface area is 77.7 Å². The molecule has 1 aliphatic rings. The van der Waals surface area contributed by atoms with Gasteiger partial charge in [-0.15, -0.1) is 0 Å². The predicted octanol–water partition coefficient (Wildman–Crippen LogP) is 1.15. The Morgan fingerprint density at radius 1 is 1.58 bits per heavy atom. The minimum Gasteiger partial charge on any atom is -0.345 e. The van der Waals surface area contributed by atoms with Gasteiger partial charge in [0.05, 0.1) is 6.61 Å². The molecule has 70 valence electrons. The summed E-state index contributed by atoms with van der Waals surface area (Å²) in [6.07, 6.45) is 5.03. The van der Waals surface area contributed by atoms with Gasteiger partial charge in [-0.1, -0.05) is 0 Å². The minimum absolute atomic E-state index is 0.647. The van der Waals surface area contributed by atoms with Crippen LogP contribution in [0.5, 0.6) is 0 Å². The summed E-state index contributed by atoms with van der Waals surface area (Å²) in [5.74, 6) is 0.647. The monoisotopic (exact) mass is 189 g/mol. The molecular formula is C8H15NO2S. The standard InChI is InChI=1S/C8H15NO2S/c1-12-11-6-8-2-4-9(7-10)5-3-8/h7-8H,2-6H2,1H3. The number of likely N-dealkylation sites (tertiary alicyclic amines) is 1. The molecule has 0 saturated carbocycles. The molecule has 1 heterocycles. The maximum Gasteiger partial charge on any atom is 0.209 e. The van der Waals surface area contributed by atoms with E-state index in [0.29, 0.717) is 5.92 Å². The molecule has 3 nitrogen and oxygen atoms in total. The molecule has 1 saturated heterocycles. The molecule has 0 spiro atoms. The van der Waals surface area contributed by atoms with Gasteiger partial charge in [0.15, 0.2) is 0 Å². The molecule has 1 amide bonds. The summed E-state index contributed by atoms with van der Waals surface area (Å²) < 4.78 is 5.25. The maximum atomic E-state index is 10.4. The first-order valence-corrected chi connectivity index (χ1v) is 5.36. The SMILES string of the molecule is CSOCC1CCN(C=O)CC1. The van der Waals surface area contributed by atoms with Crippen LogP contribution in [0.25, 0.3) is 0 Å². The number of carbonyl (C=O) groups excluding carboxylic acids is 1. The highest BCUT2D eigenvalue weighted by Gasteiger charge is 2.17. The second-order valence-electron chi connectivity index (χ2n) is 3.04. The van der Waals surface area contributed by atoms with Gasteiger partial charge in [-0.05, 0) is 30.8 Å². The van der Waals surface area contributed by atoms with E-state index in [9.17, 15) is 4.79 Å². The first kappa shape index (κ1) is 9.86. The first-order valence-electron chi connectivity index (χ1n) is 4.21. The van der Waals surface area contributed by atoms with Gasteiger partial charge in [-0.25, -0.2) is 0 Å². The van der Waals surface area contributed by atoms with Crippen LogP contribution in [0.15, 0.2) is 0 Å². The molecule has 0 N–H and O–H groups in total. The second-order valence-corrected chi connectivity index (χ2v) is 3.60. The third-order valence-electron chi connectivity index (χ3n) is 2.22. The number of carbonyl (C=O) groups is 1. The highest BCUT2D eigenvalue weighted by Crippen LogP contribution is 2.17. The Morgan fingerprint density at radius 2 is 2.25 bits per heavy atom. The lowest BCUT2D eigenvalue weighted by atomic mass is 9.98. The van der Waals surface area contributed by atoms with Crippen molar-refractivity contribution in [2.75, 3.05) is 26.0 Å². The molecule has 0 aromatic rings. The molecule has 4 heteroatoms. The fourth-order valence-electron chi connectivity index (χ4n) is 1.39. The van der Waals surface area contributed by atoms with Gasteiger partial charge in [0, 0.05) is 19.3 Å². The van der Waals surface area contributed by atoms with Crippen molar-refractivity contribution in [1.29, 1.82) is 0 Å². The van der Waals surface area contributed by atoms with Crippen LogP contribution in [0.2, 0.25) is 0 Å². The normalized spacial score (nSPS) is 19.6. The van der Waals surface area contributed by atoms with E-state index >= 15 is 0 Å². The van der Waals surface area contributed by atoms with Crippen LogP contribution in [0.3, 0.4) is 0 Å². The molecule has 0 radical (unpaired) electrons. The molecular weight excluding hydrogens is 174 g/mol. The number of amides is 1. The lowest BCUT2D eigenvalue weighted by molar-refractivity contribution is -0.119. The van der Waals surface area contributed by atoms with Crippen molar-refractivity contribution in [2.45, 2.75) is 12.8 Å². The molecule has 0 bridgehead atoms. The second kappa shape index (κ2) is 5.43. The van der Waals surface area contributed by atoms with Crippen molar-refractivity contribution >= 4 is 18.5 Å². The Morgan fingerprint density at radius 3 is 2.75 bits per heavy atom. The van der Waals surface area contributed by atoms with E-state index in [1.54, 1.807) is 0 Å². The molecule has 0 aliphatic carbocycles. The molecule has 12 heavy (non-hydrogen) atoms. The van der Waals surface area contributed by atoms with E-state index < -0.39 is 0 Å². The Kier molecular flexibility index (Phi) is 4.46. The number of rotatable bonds is 4. The molecule has 0 unspecified atom stereocenters. The molecule has 0 aromatic carbocycles. The number of nitrogens with zero attached hydrogens (tertiary/aromatic N) is 1. The average Bonchev–Trinajstić information content (AvgIpc) is 2.15. The van der Waals surface area contributed by atoms with E-state index in [2.05, 4.69) is 0 Å². The van der Waals surface area contributed by atoms with Crippen LogP contribution in [0, 0.1) is 5.92 Å². The first-order chi connectivity index (χ1) is 5.86. The smallest absolute Gasteiger partial charge is 0.209 e. The largest absolute Gasteiger partial charge is 0.345 e. The Bertz CT molecular complexity index is 135. The van der Waals surface area contributed by atoms with Crippen LogP contribution >= 0.6 is 12.0 Å². The molecule has 1 aliphatic heterocycles. The number of hydrogen-bond donors (Lipinski definition) is 0. The predicted molar refractivity (Wildman–Crippen MR) is 49.8 cm³/mol. The Balaban J connectivity index is 2.12. The van der Waals surface area contributed by atoms with Gasteiger partial charge < -0.3 is 9.08 Å². The zero-order valence-electron chi connectivity index (χ0n) is 7.36. The van der Waals surface area contributed by atoms with Crippen LogP contribution in [-0.2, 0) is 8.98 Å². The van der Waals surface area contributed by atoms with Crippen LogP contribution in [-0.4, -0.2) is 37.3 Å². The van der Waals surface area contributed by atoms with Crippen molar-refractivity contribution in [3.05, 3.63) is 0 Å². The summed E-state index contributed by atoms with van der Waals surface area (Å²) in [6.45, 7) is 2.62. The summed E-state index contributed by atoms with van der Waals surface area (Å²) in [6, 6.07) is 0. The van der Waals surface area contributed by atoms with Crippen molar-refractivity contribution in [3.8, 4) is 0 Å². The third kappa shape index (κ3) is 3.03. The van der Waals surface area contributed by atoms with E-state index in [1.807, 2.05) is 11.2 Å². The molecule has 0 atom stereocenters. The van der Waals surface area contributed by atoms with Crippen molar-refractivity contribution in [1.82, 2.24) is 4.90 Å². The van der Waals surface area contributed by atoms with Gasteiger partial charge >= 0.3 is 0 Å². The van der Waals surface area contributed by atoms with Gasteiger partial charge in [-0.2, -0.15) is 0 Å². The fraction of sp³-hybridized carbons (Fsp3) is 0.875. The highest BCUT2D eigenvalue weighted by atomic mass is 32.2. The van der Waals surface area contributed by atoms with Gasteiger partial charge in [-0.3, -0.25) is 4.79 Å². The summed E-state index contributed by atoms with van der Waals surface area (Å²) in [7, 11) is 0. The number of hydrogen-bond acceptors (Lipinski definition) is 3. The van der Waals surface area contributed by atoms with E-state index in [4.69, 9.17) is 4.18 Å². The zero-order valence-corrected chi connectivity index (χ0v) is 8.18. The topological polar surface area (TPSA) is 29.5 Å². The fourth-order valence-corrected chi connectivity index (χ4v) is 1.72. The number of piperidine rings is 1. The maximum absolute atomic E-state index is 10.4. The Hall–Kier alpha value is -0.220. The summed E-state index contributed by atoms with van der Waals surface area (Å²) >= 11 is 1.42. The van der Waals surface area contributed by atoms with Crippen LogP contribution in [0.4, 0.5) is 0 Å². The van der Waals surface area contributed by atoms with Gasteiger partial charge in [0.1, 0.15) is 0 Å². The third-order valence-corrected chi connectivity index (χ3v) is 2.59. The van der Waals surface area contributed by atoms with E-state index in [-0.39, 0.29) is 0 Å². The summed E-state index contributed by atoms with van der Waals surface area (Å²) in [5.41, 5.74) is 0. The van der Waals surface area contributed by atoms with E-state index in [0.717, 1.165) is 38.9 Å². The van der Waals surface area contributed by atoms with E-state index in [1.165, 1.54) is 12.0 Å². The minimum atomic E-state index is 0.647. The molecule has 1 fully saturated rings. The summed E-state index contributed by atoms with van der Waals surface area (Å²) in [4.78, 5) is 12.2.